The van der Waals surface area contributed by atoms with E-state index in [1.165, 1.54) is 6.26 Å². The van der Waals surface area contributed by atoms with E-state index in [1.54, 1.807) is 24.3 Å². The number of rotatable bonds is 5. The van der Waals surface area contributed by atoms with E-state index >= 15 is 0 Å². The van der Waals surface area contributed by atoms with Crippen molar-refractivity contribution in [2.45, 2.75) is 24.0 Å². The molecule has 2 N–H and O–H groups in total. The summed E-state index contributed by atoms with van der Waals surface area (Å²) >= 11 is 6.29. The summed E-state index contributed by atoms with van der Waals surface area (Å²) in [6, 6.07) is 14.1. The van der Waals surface area contributed by atoms with Gasteiger partial charge in [-0.3, -0.25) is 4.90 Å². The zero-order valence-corrected chi connectivity index (χ0v) is 17.5. The third kappa shape index (κ3) is 4.38. The molecule has 1 unspecified atom stereocenters. The molecular formula is C21H22ClN3O3S. The molecule has 2 aromatic carbocycles. The number of sulfone groups is 1. The summed E-state index contributed by atoms with van der Waals surface area (Å²) in [5, 5.41) is 11.3. The van der Waals surface area contributed by atoms with E-state index in [1.807, 2.05) is 24.3 Å². The van der Waals surface area contributed by atoms with E-state index in [0.717, 1.165) is 35.7 Å². The number of nitrogens with one attached hydrogen (secondary N) is 1. The number of imidazole rings is 1. The van der Waals surface area contributed by atoms with Crippen LogP contribution in [-0.2, 0) is 22.8 Å². The Hall–Kier alpha value is -2.19. The van der Waals surface area contributed by atoms with Crippen molar-refractivity contribution in [1.82, 2.24) is 14.9 Å². The monoisotopic (exact) mass is 431 g/mol. The van der Waals surface area contributed by atoms with Gasteiger partial charge in [-0.25, -0.2) is 13.4 Å². The number of aromatic nitrogens is 2. The van der Waals surface area contributed by atoms with Gasteiger partial charge in [-0.05, 0) is 29.8 Å². The highest BCUT2D eigenvalue weighted by molar-refractivity contribution is 7.90. The second-order valence-electron chi connectivity index (χ2n) is 7.34. The van der Waals surface area contributed by atoms with Crippen molar-refractivity contribution in [2.24, 2.45) is 0 Å². The maximum atomic E-state index is 11.8. The maximum absolute atomic E-state index is 11.8. The summed E-state index contributed by atoms with van der Waals surface area (Å²) in [6.07, 6.45) is 1.16. The van der Waals surface area contributed by atoms with E-state index in [0.29, 0.717) is 23.7 Å². The van der Waals surface area contributed by atoms with Crippen LogP contribution in [0.2, 0.25) is 5.02 Å². The number of aliphatic hydroxyl groups is 1. The Bertz CT molecular complexity index is 1140. The Morgan fingerprint density at radius 1 is 1.24 bits per heavy atom. The molecular weight excluding hydrogens is 410 g/mol. The largest absolute Gasteiger partial charge is 0.387 e. The summed E-state index contributed by atoms with van der Waals surface area (Å²) in [4.78, 5) is 10.4. The normalized spacial score (nSPS) is 15.8. The predicted octanol–water partition coefficient (Wildman–Crippen LogP) is 3.23. The standard InChI is InChI=1S/C21H22ClN3O3S/c1-29(27,28)15-6-4-5-14(11-15)20(26)13-25-10-9-18-19(12-25)24-21(23-18)16-7-2-3-8-17(16)22/h2-8,11,20,26H,9-10,12-13H2,1H3,(H,23,24). The fourth-order valence-electron chi connectivity index (χ4n) is 3.59. The summed E-state index contributed by atoms with van der Waals surface area (Å²) in [6.45, 7) is 1.81. The number of β-amino-alcohol motifs (C(OH)–C–C–N with tert-alkyl or cyclic N) is 1. The van der Waals surface area contributed by atoms with Crippen molar-refractivity contribution in [2.75, 3.05) is 19.3 Å². The predicted molar refractivity (Wildman–Crippen MR) is 113 cm³/mol. The second-order valence-corrected chi connectivity index (χ2v) is 9.76. The zero-order chi connectivity index (χ0) is 20.6. The molecule has 0 fully saturated rings. The third-order valence-electron chi connectivity index (χ3n) is 5.14. The summed E-state index contributed by atoms with van der Waals surface area (Å²) in [5.74, 6) is 0.754. The van der Waals surface area contributed by atoms with Crippen molar-refractivity contribution >= 4 is 21.4 Å². The van der Waals surface area contributed by atoms with Crippen molar-refractivity contribution in [1.29, 1.82) is 0 Å². The van der Waals surface area contributed by atoms with Gasteiger partial charge in [-0.2, -0.15) is 0 Å². The maximum Gasteiger partial charge on any atom is 0.175 e. The molecule has 1 aliphatic heterocycles. The van der Waals surface area contributed by atoms with Crippen LogP contribution in [0, 0.1) is 0 Å². The molecule has 152 valence electrons. The number of benzene rings is 2. The van der Waals surface area contributed by atoms with Crippen LogP contribution in [0.3, 0.4) is 0 Å². The first kappa shape index (κ1) is 20.1. The van der Waals surface area contributed by atoms with E-state index < -0.39 is 15.9 Å². The highest BCUT2D eigenvalue weighted by Crippen LogP contribution is 2.28. The van der Waals surface area contributed by atoms with Crippen LogP contribution < -0.4 is 0 Å². The number of halogens is 1. The van der Waals surface area contributed by atoms with Gasteiger partial charge in [0.25, 0.3) is 0 Å². The summed E-state index contributed by atoms with van der Waals surface area (Å²) in [7, 11) is -3.31. The number of H-pyrrole nitrogens is 1. The molecule has 0 spiro atoms. The number of hydrogen-bond donors (Lipinski definition) is 2. The van der Waals surface area contributed by atoms with Crippen LogP contribution in [0.5, 0.6) is 0 Å². The smallest absolute Gasteiger partial charge is 0.175 e. The Labute approximate surface area is 175 Å². The molecule has 2 heterocycles. The SMILES string of the molecule is CS(=O)(=O)c1cccc(C(O)CN2CCc3nc(-c4ccccc4Cl)[nH]c3C2)c1. The van der Waals surface area contributed by atoms with Crippen molar-refractivity contribution in [3.8, 4) is 11.4 Å². The van der Waals surface area contributed by atoms with E-state index in [-0.39, 0.29) is 4.90 Å². The van der Waals surface area contributed by atoms with Gasteiger partial charge in [0, 0.05) is 37.9 Å². The van der Waals surface area contributed by atoms with Gasteiger partial charge >= 0.3 is 0 Å². The van der Waals surface area contributed by atoms with Crippen LogP contribution in [0.4, 0.5) is 0 Å². The molecule has 0 aliphatic carbocycles. The first-order chi connectivity index (χ1) is 13.8. The van der Waals surface area contributed by atoms with Gasteiger partial charge in [0.15, 0.2) is 9.84 Å². The Morgan fingerprint density at radius 3 is 2.79 bits per heavy atom. The van der Waals surface area contributed by atoms with Crippen LogP contribution in [0.15, 0.2) is 53.4 Å². The highest BCUT2D eigenvalue weighted by atomic mass is 35.5. The molecule has 0 radical (unpaired) electrons. The molecule has 0 saturated carbocycles. The first-order valence-electron chi connectivity index (χ1n) is 9.34. The minimum Gasteiger partial charge on any atom is -0.387 e. The highest BCUT2D eigenvalue weighted by Gasteiger charge is 2.23. The number of fused-ring (bicyclic) bond motifs is 1. The Kier molecular flexibility index (Phi) is 5.48. The fourth-order valence-corrected chi connectivity index (χ4v) is 4.49. The van der Waals surface area contributed by atoms with Crippen LogP contribution in [-0.4, -0.2) is 47.7 Å². The molecule has 4 rings (SSSR count). The minimum atomic E-state index is -3.31. The number of aliphatic hydroxyl groups excluding tert-OH is 1. The zero-order valence-electron chi connectivity index (χ0n) is 16.0. The molecule has 1 aromatic heterocycles. The van der Waals surface area contributed by atoms with Crippen LogP contribution >= 0.6 is 11.6 Å². The second kappa shape index (κ2) is 7.91. The van der Waals surface area contributed by atoms with Gasteiger partial charge in [0.2, 0.25) is 0 Å². The van der Waals surface area contributed by atoms with Crippen molar-refractivity contribution in [3.63, 3.8) is 0 Å². The molecule has 0 bridgehead atoms. The lowest BCUT2D eigenvalue weighted by Gasteiger charge is -2.28. The number of nitrogens with zero attached hydrogens (tertiary/aromatic N) is 2. The molecule has 3 aromatic rings. The molecule has 1 atom stereocenters. The molecule has 8 heteroatoms. The quantitative estimate of drug-likeness (QED) is 0.647. The summed E-state index contributed by atoms with van der Waals surface area (Å²) < 4.78 is 23.5. The van der Waals surface area contributed by atoms with E-state index in [2.05, 4.69) is 9.88 Å². The average Bonchev–Trinajstić information content (AvgIpc) is 3.11. The summed E-state index contributed by atoms with van der Waals surface area (Å²) in [5.41, 5.74) is 3.50. The lowest BCUT2D eigenvalue weighted by atomic mass is 10.1. The number of aromatic amines is 1. The Balaban J connectivity index is 1.49. The average molecular weight is 432 g/mol. The topological polar surface area (TPSA) is 86.3 Å². The van der Waals surface area contributed by atoms with Gasteiger partial charge in [-0.15, -0.1) is 0 Å². The molecule has 1 aliphatic rings. The third-order valence-corrected chi connectivity index (χ3v) is 6.58. The number of hydrogen-bond acceptors (Lipinski definition) is 5. The first-order valence-corrected chi connectivity index (χ1v) is 11.6. The lowest BCUT2D eigenvalue weighted by Crippen LogP contribution is -2.34. The van der Waals surface area contributed by atoms with Crippen molar-refractivity contribution in [3.05, 3.63) is 70.5 Å². The molecule has 0 saturated heterocycles. The minimum absolute atomic E-state index is 0.216. The van der Waals surface area contributed by atoms with Gasteiger partial charge in [-0.1, -0.05) is 35.9 Å². The molecule has 29 heavy (non-hydrogen) atoms. The van der Waals surface area contributed by atoms with E-state index in [9.17, 15) is 13.5 Å². The van der Waals surface area contributed by atoms with Gasteiger partial charge in [0.1, 0.15) is 5.82 Å². The van der Waals surface area contributed by atoms with Crippen molar-refractivity contribution < 1.29 is 13.5 Å². The van der Waals surface area contributed by atoms with Gasteiger partial charge < -0.3 is 10.1 Å². The Morgan fingerprint density at radius 2 is 2.03 bits per heavy atom. The van der Waals surface area contributed by atoms with E-state index in [4.69, 9.17) is 16.6 Å². The van der Waals surface area contributed by atoms with Gasteiger partial charge in [0.05, 0.1) is 27.4 Å². The van der Waals surface area contributed by atoms with Crippen LogP contribution in [0.25, 0.3) is 11.4 Å². The molecule has 6 nitrogen and oxygen atoms in total. The van der Waals surface area contributed by atoms with Crippen LogP contribution in [0.1, 0.15) is 23.1 Å². The fraction of sp³-hybridized carbons (Fsp3) is 0.286. The molecule has 0 amide bonds. The lowest BCUT2D eigenvalue weighted by molar-refractivity contribution is 0.105.